The van der Waals surface area contributed by atoms with Gasteiger partial charge in [-0.25, -0.2) is 0 Å². The van der Waals surface area contributed by atoms with Crippen LogP contribution in [0.25, 0.3) is 6.08 Å². The quantitative estimate of drug-likeness (QED) is 0.605. The van der Waals surface area contributed by atoms with Crippen molar-refractivity contribution in [2.45, 2.75) is 13.8 Å². The molecule has 0 aliphatic rings. The molecule has 112 valence electrons. The fraction of sp³-hybridized carbons (Fsp3) is 0.375. The minimum Gasteiger partial charge on any atom is -0.371 e. The lowest BCUT2D eigenvalue weighted by atomic mass is 10.1. The minimum absolute atomic E-state index is 0.127. The van der Waals surface area contributed by atoms with Crippen molar-refractivity contribution >= 4 is 33.6 Å². The maximum absolute atomic E-state index is 11.8. The highest BCUT2D eigenvalue weighted by molar-refractivity contribution is 9.10. The average molecular weight is 350 g/mol. The summed E-state index contributed by atoms with van der Waals surface area (Å²) in [5.74, 6) is -0.290. The van der Waals surface area contributed by atoms with Gasteiger partial charge in [-0.2, -0.15) is 5.26 Å². The second-order valence-electron chi connectivity index (χ2n) is 4.75. The fourth-order valence-electron chi connectivity index (χ4n) is 1.98. The molecule has 0 N–H and O–H groups in total. The second-order valence-corrected chi connectivity index (χ2v) is 5.61. The largest absolute Gasteiger partial charge is 0.371 e. The van der Waals surface area contributed by atoms with Crippen LogP contribution in [0.3, 0.4) is 0 Å². The van der Waals surface area contributed by atoms with Crippen LogP contribution >= 0.6 is 15.9 Å². The smallest absolute Gasteiger partial charge is 0.264 e. The third-order valence-electron chi connectivity index (χ3n) is 3.14. The number of halogens is 1. The summed E-state index contributed by atoms with van der Waals surface area (Å²) in [5.41, 5.74) is 2.06. The molecule has 0 saturated heterocycles. The van der Waals surface area contributed by atoms with Gasteiger partial charge in [0.15, 0.2) is 0 Å². The lowest BCUT2D eigenvalue weighted by Crippen LogP contribution is -2.23. The van der Waals surface area contributed by atoms with E-state index in [-0.39, 0.29) is 11.5 Å². The van der Waals surface area contributed by atoms with E-state index in [2.05, 4.69) is 34.7 Å². The van der Waals surface area contributed by atoms with E-state index in [1.165, 1.54) is 4.90 Å². The number of nitrogens with zero attached hydrogens (tertiary/aromatic N) is 3. The topological polar surface area (TPSA) is 47.3 Å². The molecule has 4 nitrogen and oxygen atoms in total. The van der Waals surface area contributed by atoms with Crippen molar-refractivity contribution in [1.29, 1.82) is 5.26 Å². The lowest BCUT2D eigenvalue weighted by Gasteiger charge is -2.22. The maximum atomic E-state index is 11.8. The van der Waals surface area contributed by atoms with Gasteiger partial charge >= 0.3 is 0 Å². The van der Waals surface area contributed by atoms with Crippen LogP contribution in [0.15, 0.2) is 28.2 Å². The van der Waals surface area contributed by atoms with Crippen LogP contribution in [0.2, 0.25) is 0 Å². The first-order valence-corrected chi connectivity index (χ1v) is 7.61. The van der Waals surface area contributed by atoms with Gasteiger partial charge in [-0.3, -0.25) is 4.79 Å². The zero-order valence-electron chi connectivity index (χ0n) is 12.9. The number of carbonyl (C=O) groups excluding carboxylic acids is 1. The zero-order chi connectivity index (χ0) is 16.0. The Balaban J connectivity index is 3.14. The number of amides is 1. The molecular weight excluding hydrogens is 330 g/mol. The molecule has 5 heteroatoms. The van der Waals surface area contributed by atoms with Crippen LogP contribution in [-0.2, 0) is 4.79 Å². The summed E-state index contributed by atoms with van der Waals surface area (Å²) in [5, 5.41) is 9.11. The molecule has 0 unspecified atom stereocenters. The summed E-state index contributed by atoms with van der Waals surface area (Å²) < 4.78 is 0.953. The molecule has 1 amide bonds. The molecule has 1 rings (SSSR count). The van der Waals surface area contributed by atoms with E-state index in [1.807, 2.05) is 24.3 Å². The highest BCUT2D eigenvalue weighted by atomic mass is 79.9. The zero-order valence-corrected chi connectivity index (χ0v) is 14.4. The molecule has 1 aromatic rings. The highest BCUT2D eigenvalue weighted by Gasteiger charge is 2.12. The van der Waals surface area contributed by atoms with Crippen LogP contribution in [0.1, 0.15) is 19.4 Å². The third-order valence-corrected chi connectivity index (χ3v) is 3.78. The van der Waals surface area contributed by atoms with E-state index in [1.54, 1.807) is 20.2 Å². The Morgan fingerprint density at radius 1 is 1.33 bits per heavy atom. The Kier molecular flexibility index (Phi) is 6.44. The fourth-order valence-corrected chi connectivity index (χ4v) is 2.63. The van der Waals surface area contributed by atoms with Crippen LogP contribution in [0, 0.1) is 11.3 Å². The van der Waals surface area contributed by atoms with Gasteiger partial charge in [0.1, 0.15) is 11.6 Å². The molecule has 0 aliphatic carbocycles. The number of hydrogen-bond acceptors (Lipinski definition) is 3. The molecule has 0 radical (unpaired) electrons. The number of carbonyl (C=O) groups is 1. The predicted molar refractivity (Wildman–Crippen MR) is 90.0 cm³/mol. The molecule has 0 atom stereocenters. The van der Waals surface area contributed by atoms with E-state index in [9.17, 15) is 4.79 Å². The van der Waals surface area contributed by atoms with Crippen LogP contribution in [0.4, 0.5) is 5.69 Å². The van der Waals surface area contributed by atoms with Crippen LogP contribution < -0.4 is 4.90 Å². The predicted octanol–water partition coefficient (Wildman–Crippen LogP) is 3.29. The van der Waals surface area contributed by atoms with Crippen molar-refractivity contribution in [3.05, 3.63) is 33.8 Å². The molecular formula is C16H20BrN3O. The molecule has 0 saturated carbocycles. The Hall–Kier alpha value is -1.80. The van der Waals surface area contributed by atoms with Crippen molar-refractivity contribution < 1.29 is 4.79 Å². The van der Waals surface area contributed by atoms with Crippen LogP contribution in [0.5, 0.6) is 0 Å². The first-order valence-electron chi connectivity index (χ1n) is 6.82. The van der Waals surface area contributed by atoms with Gasteiger partial charge in [0.25, 0.3) is 5.91 Å². The van der Waals surface area contributed by atoms with Gasteiger partial charge < -0.3 is 9.80 Å². The Morgan fingerprint density at radius 2 is 1.95 bits per heavy atom. The standard InChI is InChI=1S/C16H20BrN3O/c1-5-20(6-2)15-8-7-12(10-14(15)17)9-13(11-18)16(21)19(3)4/h7-10H,5-6H2,1-4H3/b13-9-. The number of likely N-dealkylation sites (N-methyl/N-ethyl adjacent to an activating group) is 1. The Bertz CT molecular complexity index is 584. The average Bonchev–Trinajstić information content (AvgIpc) is 2.47. The van der Waals surface area contributed by atoms with Gasteiger partial charge in [-0.1, -0.05) is 6.07 Å². The molecule has 0 heterocycles. The summed E-state index contributed by atoms with van der Waals surface area (Å²) in [6.45, 7) is 6.06. The van der Waals surface area contributed by atoms with Crippen molar-refractivity contribution in [3.8, 4) is 6.07 Å². The van der Waals surface area contributed by atoms with Gasteiger partial charge in [0.05, 0.1) is 5.69 Å². The lowest BCUT2D eigenvalue weighted by molar-refractivity contribution is -0.124. The van der Waals surface area contributed by atoms with Crippen molar-refractivity contribution in [1.82, 2.24) is 4.90 Å². The van der Waals surface area contributed by atoms with Crippen molar-refractivity contribution in [2.75, 3.05) is 32.1 Å². The van der Waals surface area contributed by atoms with Crippen molar-refractivity contribution in [2.24, 2.45) is 0 Å². The number of benzene rings is 1. The third kappa shape index (κ3) is 4.33. The molecule has 0 fully saturated rings. The first-order chi connectivity index (χ1) is 9.94. The van der Waals surface area contributed by atoms with Crippen LogP contribution in [-0.4, -0.2) is 38.0 Å². The van der Waals surface area contributed by atoms with E-state index in [4.69, 9.17) is 5.26 Å². The van der Waals surface area contributed by atoms with Gasteiger partial charge in [-0.05, 0) is 53.5 Å². The normalized spacial score (nSPS) is 11.0. The second kappa shape index (κ2) is 7.84. The van der Waals surface area contributed by atoms with E-state index in [0.29, 0.717) is 0 Å². The number of nitriles is 1. The van der Waals surface area contributed by atoms with Gasteiger partial charge in [0.2, 0.25) is 0 Å². The maximum Gasteiger partial charge on any atom is 0.264 e. The summed E-state index contributed by atoms with van der Waals surface area (Å²) in [6, 6.07) is 7.79. The van der Waals surface area contributed by atoms with Crippen molar-refractivity contribution in [3.63, 3.8) is 0 Å². The highest BCUT2D eigenvalue weighted by Crippen LogP contribution is 2.28. The number of anilines is 1. The van der Waals surface area contributed by atoms with E-state index in [0.717, 1.165) is 28.8 Å². The SMILES string of the molecule is CCN(CC)c1ccc(/C=C(/C#N)C(=O)N(C)C)cc1Br. The summed E-state index contributed by atoms with van der Waals surface area (Å²) in [4.78, 5) is 15.5. The van der Waals surface area contributed by atoms with E-state index >= 15 is 0 Å². The monoisotopic (exact) mass is 349 g/mol. The van der Waals surface area contributed by atoms with Gasteiger partial charge in [0, 0.05) is 31.7 Å². The Morgan fingerprint density at radius 3 is 2.38 bits per heavy atom. The Labute approximate surface area is 134 Å². The summed E-state index contributed by atoms with van der Waals surface area (Å²) in [6.07, 6.45) is 1.61. The molecule has 0 aromatic heterocycles. The summed E-state index contributed by atoms with van der Waals surface area (Å²) in [7, 11) is 3.26. The first kappa shape index (κ1) is 17.3. The molecule has 21 heavy (non-hydrogen) atoms. The molecule has 1 aromatic carbocycles. The number of rotatable bonds is 5. The minimum atomic E-state index is -0.290. The van der Waals surface area contributed by atoms with E-state index < -0.39 is 0 Å². The molecule has 0 spiro atoms. The number of hydrogen-bond donors (Lipinski definition) is 0. The molecule has 0 aliphatic heterocycles. The molecule has 0 bridgehead atoms. The summed E-state index contributed by atoms with van der Waals surface area (Å²) >= 11 is 3.56. The van der Waals surface area contributed by atoms with Gasteiger partial charge in [-0.15, -0.1) is 0 Å².